The molecule has 0 heterocycles. The van der Waals surface area contributed by atoms with Crippen molar-refractivity contribution in [3.8, 4) is 0 Å². The lowest BCUT2D eigenvalue weighted by Crippen LogP contribution is -1.95. The number of hydrogen-bond donors (Lipinski definition) is 0. The zero-order valence-electron chi connectivity index (χ0n) is 10.4. The highest BCUT2D eigenvalue weighted by molar-refractivity contribution is 6.36. The average molecular weight is 291 g/mol. The normalized spacial score (nSPS) is 10.9. The largest absolute Gasteiger partial charge is 0.289 e. The Kier molecular flexibility index (Phi) is 4.41. The molecule has 0 atom stereocenters. The van der Waals surface area contributed by atoms with E-state index in [-0.39, 0.29) is 5.78 Å². The highest BCUT2D eigenvalue weighted by Gasteiger charge is 2.08. The van der Waals surface area contributed by atoms with Gasteiger partial charge in [-0.05, 0) is 42.3 Å². The van der Waals surface area contributed by atoms with E-state index in [9.17, 15) is 4.79 Å². The van der Waals surface area contributed by atoms with Crippen LogP contribution >= 0.6 is 23.2 Å². The standard InChI is InChI=1S/C16H12Cl2O/c1-11-4-2-3-5-12(11)6-9-16(19)14-10-13(17)7-8-15(14)18/h2-10H,1H3. The highest BCUT2D eigenvalue weighted by atomic mass is 35.5. The van der Waals surface area contributed by atoms with Gasteiger partial charge in [0.15, 0.2) is 5.78 Å². The number of carbonyl (C=O) groups is 1. The van der Waals surface area contributed by atoms with Gasteiger partial charge in [0.2, 0.25) is 0 Å². The molecule has 0 aliphatic carbocycles. The van der Waals surface area contributed by atoms with Gasteiger partial charge in [-0.15, -0.1) is 0 Å². The van der Waals surface area contributed by atoms with Crippen molar-refractivity contribution in [2.75, 3.05) is 0 Å². The molecule has 0 N–H and O–H groups in total. The summed E-state index contributed by atoms with van der Waals surface area (Å²) < 4.78 is 0. The highest BCUT2D eigenvalue weighted by Crippen LogP contribution is 2.21. The minimum atomic E-state index is -0.157. The third-order valence-corrected chi connectivity index (χ3v) is 3.36. The molecule has 2 rings (SSSR count). The first-order valence-electron chi connectivity index (χ1n) is 5.81. The van der Waals surface area contributed by atoms with E-state index in [1.807, 2.05) is 31.2 Å². The molecule has 0 radical (unpaired) electrons. The first-order valence-corrected chi connectivity index (χ1v) is 6.56. The number of rotatable bonds is 3. The van der Waals surface area contributed by atoms with Crippen LogP contribution in [0.15, 0.2) is 48.5 Å². The van der Waals surface area contributed by atoms with Crippen molar-refractivity contribution in [1.29, 1.82) is 0 Å². The Bertz CT molecular complexity index is 645. The molecular formula is C16H12Cl2O. The number of ketones is 1. The van der Waals surface area contributed by atoms with Crippen LogP contribution in [-0.2, 0) is 0 Å². The molecule has 0 aromatic heterocycles. The summed E-state index contributed by atoms with van der Waals surface area (Å²) in [5, 5.41) is 0.904. The zero-order valence-corrected chi connectivity index (χ0v) is 11.9. The minimum Gasteiger partial charge on any atom is -0.289 e. The molecule has 0 unspecified atom stereocenters. The SMILES string of the molecule is Cc1ccccc1C=CC(=O)c1cc(Cl)ccc1Cl. The summed E-state index contributed by atoms with van der Waals surface area (Å²) >= 11 is 11.9. The summed E-state index contributed by atoms with van der Waals surface area (Å²) in [4.78, 5) is 12.1. The predicted octanol–water partition coefficient (Wildman–Crippen LogP) is 5.20. The molecule has 2 aromatic rings. The van der Waals surface area contributed by atoms with Crippen molar-refractivity contribution in [3.63, 3.8) is 0 Å². The van der Waals surface area contributed by atoms with E-state index >= 15 is 0 Å². The van der Waals surface area contributed by atoms with Crippen molar-refractivity contribution in [3.05, 3.63) is 75.3 Å². The van der Waals surface area contributed by atoms with Gasteiger partial charge in [0.25, 0.3) is 0 Å². The quantitative estimate of drug-likeness (QED) is 0.561. The van der Waals surface area contributed by atoms with E-state index < -0.39 is 0 Å². The second-order valence-electron chi connectivity index (χ2n) is 4.18. The summed E-state index contributed by atoms with van der Waals surface area (Å²) in [5.74, 6) is -0.157. The van der Waals surface area contributed by atoms with Crippen LogP contribution in [0.5, 0.6) is 0 Å². The average Bonchev–Trinajstić information content (AvgIpc) is 2.40. The number of halogens is 2. The van der Waals surface area contributed by atoms with Crippen molar-refractivity contribution in [2.24, 2.45) is 0 Å². The van der Waals surface area contributed by atoms with Crippen LogP contribution in [0.4, 0.5) is 0 Å². The zero-order chi connectivity index (χ0) is 13.8. The molecular weight excluding hydrogens is 279 g/mol. The van der Waals surface area contributed by atoms with Crippen LogP contribution in [0, 0.1) is 6.92 Å². The van der Waals surface area contributed by atoms with E-state index in [4.69, 9.17) is 23.2 Å². The van der Waals surface area contributed by atoms with Crippen molar-refractivity contribution < 1.29 is 4.79 Å². The summed E-state index contributed by atoms with van der Waals surface area (Å²) in [6.45, 7) is 2.00. The van der Waals surface area contributed by atoms with Crippen LogP contribution in [0.1, 0.15) is 21.5 Å². The molecule has 19 heavy (non-hydrogen) atoms. The Balaban J connectivity index is 2.26. The van der Waals surface area contributed by atoms with Gasteiger partial charge < -0.3 is 0 Å². The van der Waals surface area contributed by atoms with Crippen molar-refractivity contribution in [2.45, 2.75) is 6.92 Å². The molecule has 3 heteroatoms. The molecule has 0 saturated heterocycles. The Morgan fingerprint density at radius 1 is 1.11 bits per heavy atom. The lowest BCUT2D eigenvalue weighted by atomic mass is 10.1. The smallest absolute Gasteiger partial charge is 0.187 e. The number of aryl methyl sites for hydroxylation is 1. The predicted molar refractivity (Wildman–Crippen MR) is 81.0 cm³/mol. The fourth-order valence-electron chi connectivity index (χ4n) is 1.72. The number of allylic oxidation sites excluding steroid dienone is 1. The molecule has 0 amide bonds. The first kappa shape index (κ1) is 13.9. The van der Waals surface area contributed by atoms with Crippen LogP contribution < -0.4 is 0 Å². The molecule has 0 saturated carbocycles. The third kappa shape index (κ3) is 3.46. The van der Waals surface area contributed by atoms with Crippen LogP contribution in [0.25, 0.3) is 6.08 Å². The summed E-state index contributed by atoms with van der Waals surface area (Å²) in [6.07, 6.45) is 3.30. The molecule has 0 aliphatic rings. The molecule has 0 aliphatic heterocycles. The molecule has 1 nitrogen and oxygen atoms in total. The fourth-order valence-corrected chi connectivity index (χ4v) is 2.10. The third-order valence-electron chi connectivity index (χ3n) is 2.80. The van der Waals surface area contributed by atoms with E-state index in [0.29, 0.717) is 15.6 Å². The minimum absolute atomic E-state index is 0.157. The molecule has 0 bridgehead atoms. The van der Waals surface area contributed by atoms with Crippen LogP contribution in [0.2, 0.25) is 10.0 Å². The van der Waals surface area contributed by atoms with Gasteiger partial charge in [0.05, 0.1) is 5.02 Å². The van der Waals surface area contributed by atoms with Gasteiger partial charge in [0.1, 0.15) is 0 Å². The van der Waals surface area contributed by atoms with Gasteiger partial charge in [-0.25, -0.2) is 0 Å². The van der Waals surface area contributed by atoms with Gasteiger partial charge in [-0.1, -0.05) is 53.5 Å². The summed E-state index contributed by atoms with van der Waals surface area (Å²) in [7, 11) is 0. The number of hydrogen-bond acceptors (Lipinski definition) is 1. The monoisotopic (exact) mass is 290 g/mol. The van der Waals surface area contributed by atoms with Crippen LogP contribution in [-0.4, -0.2) is 5.78 Å². The second-order valence-corrected chi connectivity index (χ2v) is 5.02. The summed E-state index contributed by atoms with van der Waals surface area (Å²) in [5.41, 5.74) is 2.54. The van der Waals surface area contributed by atoms with Gasteiger partial charge in [0, 0.05) is 10.6 Å². The van der Waals surface area contributed by atoms with E-state index in [0.717, 1.165) is 11.1 Å². The van der Waals surface area contributed by atoms with E-state index in [1.165, 1.54) is 6.08 Å². The Labute approximate surface area is 122 Å². The number of carbonyl (C=O) groups excluding carboxylic acids is 1. The van der Waals surface area contributed by atoms with Gasteiger partial charge >= 0.3 is 0 Å². The molecule has 96 valence electrons. The van der Waals surface area contributed by atoms with Crippen molar-refractivity contribution in [1.82, 2.24) is 0 Å². The molecule has 2 aromatic carbocycles. The maximum atomic E-state index is 12.1. The fraction of sp³-hybridized carbons (Fsp3) is 0.0625. The van der Waals surface area contributed by atoms with Crippen LogP contribution in [0.3, 0.4) is 0 Å². The Morgan fingerprint density at radius 3 is 2.58 bits per heavy atom. The van der Waals surface area contributed by atoms with E-state index in [1.54, 1.807) is 24.3 Å². The Morgan fingerprint density at radius 2 is 1.84 bits per heavy atom. The molecule has 0 spiro atoms. The lowest BCUT2D eigenvalue weighted by molar-refractivity contribution is 0.104. The maximum absolute atomic E-state index is 12.1. The first-order chi connectivity index (χ1) is 9.08. The topological polar surface area (TPSA) is 17.1 Å². The number of benzene rings is 2. The van der Waals surface area contributed by atoms with Crippen molar-refractivity contribution >= 4 is 35.1 Å². The Hall–Kier alpha value is -1.57. The van der Waals surface area contributed by atoms with E-state index in [2.05, 4.69) is 0 Å². The lowest BCUT2D eigenvalue weighted by Gasteiger charge is -2.01. The molecule has 0 fully saturated rings. The summed E-state index contributed by atoms with van der Waals surface area (Å²) in [6, 6.07) is 12.7. The van der Waals surface area contributed by atoms with Gasteiger partial charge in [-0.3, -0.25) is 4.79 Å². The second kappa shape index (κ2) is 6.05. The maximum Gasteiger partial charge on any atom is 0.187 e. The van der Waals surface area contributed by atoms with Gasteiger partial charge in [-0.2, -0.15) is 0 Å².